The van der Waals surface area contributed by atoms with Crippen LogP contribution in [0.1, 0.15) is 13.8 Å². The molecule has 3 atom stereocenters. The molecule has 0 amide bonds. The van der Waals surface area contributed by atoms with Crippen LogP contribution in [0.5, 0.6) is 0 Å². The lowest BCUT2D eigenvalue weighted by atomic mass is 10.1. The van der Waals surface area contributed by atoms with Crippen molar-refractivity contribution in [2.45, 2.75) is 32.0 Å². The summed E-state index contributed by atoms with van der Waals surface area (Å²) in [6, 6.07) is 0.884. The molecule has 1 aliphatic rings. The van der Waals surface area contributed by atoms with E-state index in [2.05, 4.69) is 24.1 Å². The Morgan fingerprint density at radius 1 is 1.54 bits per heavy atom. The summed E-state index contributed by atoms with van der Waals surface area (Å²) < 4.78 is 0. The summed E-state index contributed by atoms with van der Waals surface area (Å²) in [6.45, 7) is 6.62. The first-order valence-electron chi connectivity index (χ1n) is 4.91. The largest absolute Gasteiger partial charge is 0.394 e. The Morgan fingerprint density at radius 3 is 2.85 bits per heavy atom. The van der Waals surface area contributed by atoms with E-state index >= 15 is 0 Å². The van der Waals surface area contributed by atoms with Crippen molar-refractivity contribution in [1.29, 1.82) is 0 Å². The van der Waals surface area contributed by atoms with Crippen LogP contribution in [-0.4, -0.2) is 59.5 Å². The highest BCUT2D eigenvalue weighted by Gasteiger charge is 2.25. The number of hydrogen-bond acceptors (Lipinski definition) is 4. The highest BCUT2D eigenvalue weighted by atomic mass is 16.3. The lowest BCUT2D eigenvalue weighted by Gasteiger charge is -2.39. The van der Waals surface area contributed by atoms with Gasteiger partial charge in [-0.1, -0.05) is 0 Å². The Hall–Kier alpha value is -0.160. The summed E-state index contributed by atoms with van der Waals surface area (Å²) in [5.41, 5.74) is 0. The SMILES string of the molecule is CC1NCCN(CC(O)CO)C1C. The topological polar surface area (TPSA) is 55.7 Å². The number of hydrogen-bond donors (Lipinski definition) is 3. The number of piperazine rings is 1. The van der Waals surface area contributed by atoms with Gasteiger partial charge in [-0.05, 0) is 13.8 Å². The number of nitrogens with zero attached hydrogens (tertiary/aromatic N) is 1. The Balaban J connectivity index is 2.39. The number of rotatable bonds is 3. The molecule has 1 fully saturated rings. The molecule has 1 heterocycles. The summed E-state index contributed by atoms with van der Waals surface area (Å²) in [7, 11) is 0. The smallest absolute Gasteiger partial charge is 0.0897 e. The van der Waals surface area contributed by atoms with Crippen molar-refractivity contribution in [3.05, 3.63) is 0 Å². The zero-order valence-corrected chi connectivity index (χ0v) is 8.40. The summed E-state index contributed by atoms with van der Waals surface area (Å²) in [4.78, 5) is 2.21. The van der Waals surface area contributed by atoms with Gasteiger partial charge in [0.05, 0.1) is 12.7 Å². The maximum absolute atomic E-state index is 9.30. The van der Waals surface area contributed by atoms with E-state index < -0.39 is 6.10 Å². The molecule has 0 spiro atoms. The van der Waals surface area contributed by atoms with Crippen molar-refractivity contribution in [3.8, 4) is 0 Å². The molecule has 0 radical (unpaired) electrons. The van der Waals surface area contributed by atoms with E-state index in [1.807, 2.05) is 0 Å². The number of aliphatic hydroxyl groups excluding tert-OH is 2. The zero-order valence-electron chi connectivity index (χ0n) is 8.40. The molecule has 0 aromatic rings. The lowest BCUT2D eigenvalue weighted by Crippen LogP contribution is -2.57. The fraction of sp³-hybridized carbons (Fsp3) is 1.00. The standard InChI is InChI=1S/C9H20N2O2/c1-7-8(2)11(4-3-10-7)5-9(13)6-12/h7-10,12-13H,3-6H2,1-2H3. The molecular formula is C9H20N2O2. The third kappa shape index (κ3) is 2.91. The van der Waals surface area contributed by atoms with Gasteiger partial charge in [-0.3, -0.25) is 4.90 Å². The van der Waals surface area contributed by atoms with Gasteiger partial charge in [-0.25, -0.2) is 0 Å². The van der Waals surface area contributed by atoms with Crippen molar-refractivity contribution in [3.63, 3.8) is 0 Å². The molecule has 0 saturated carbocycles. The van der Waals surface area contributed by atoms with Crippen LogP contribution in [0.15, 0.2) is 0 Å². The van der Waals surface area contributed by atoms with Gasteiger partial charge in [0.1, 0.15) is 0 Å². The molecule has 1 rings (SSSR count). The van der Waals surface area contributed by atoms with Crippen LogP contribution in [0.2, 0.25) is 0 Å². The second-order valence-electron chi connectivity index (χ2n) is 3.81. The summed E-state index contributed by atoms with van der Waals surface area (Å²) in [5.74, 6) is 0. The maximum Gasteiger partial charge on any atom is 0.0897 e. The monoisotopic (exact) mass is 188 g/mol. The average Bonchev–Trinajstić information content (AvgIpc) is 2.13. The molecule has 1 aliphatic heterocycles. The quantitative estimate of drug-likeness (QED) is 0.533. The van der Waals surface area contributed by atoms with E-state index in [-0.39, 0.29) is 6.61 Å². The van der Waals surface area contributed by atoms with Crippen molar-refractivity contribution in [2.75, 3.05) is 26.2 Å². The van der Waals surface area contributed by atoms with Gasteiger partial charge in [0.2, 0.25) is 0 Å². The summed E-state index contributed by atoms with van der Waals surface area (Å²) in [6.07, 6.45) is -0.604. The van der Waals surface area contributed by atoms with Gasteiger partial charge in [0, 0.05) is 31.7 Å². The molecule has 0 aliphatic carbocycles. The van der Waals surface area contributed by atoms with Crippen LogP contribution in [-0.2, 0) is 0 Å². The molecule has 78 valence electrons. The average molecular weight is 188 g/mol. The molecule has 0 aromatic heterocycles. The minimum absolute atomic E-state index is 0.148. The van der Waals surface area contributed by atoms with Gasteiger partial charge >= 0.3 is 0 Å². The molecule has 1 saturated heterocycles. The number of β-amino-alcohol motifs (C(OH)–C–C–N with tert-alkyl or cyclic N) is 1. The summed E-state index contributed by atoms with van der Waals surface area (Å²) >= 11 is 0. The predicted octanol–water partition coefficient (Wildman–Crippen LogP) is -0.978. The first-order chi connectivity index (χ1) is 6.15. The second kappa shape index (κ2) is 4.91. The van der Waals surface area contributed by atoms with Crippen LogP contribution >= 0.6 is 0 Å². The van der Waals surface area contributed by atoms with Gasteiger partial charge in [-0.2, -0.15) is 0 Å². The Kier molecular flexibility index (Phi) is 4.12. The number of aliphatic hydroxyl groups is 2. The van der Waals surface area contributed by atoms with E-state index in [9.17, 15) is 5.11 Å². The molecule has 0 bridgehead atoms. The Morgan fingerprint density at radius 2 is 2.23 bits per heavy atom. The highest BCUT2D eigenvalue weighted by Crippen LogP contribution is 2.08. The van der Waals surface area contributed by atoms with Crippen LogP contribution in [0.25, 0.3) is 0 Å². The molecule has 4 heteroatoms. The minimum Gasteiger partial charge on any atom is -0.394 e. The van der Waals surface area contributed by atoms with Crippen molar-refractivity contribution < 1.29 is 10.2 Å². The van der Waals surface area contributed by atoms with Crippen LogP contribution < -0.4 is 5.32 Å². The molecule has 3 N–H and O–H groups in total. The van der Waals surface area contributed by atoms with E-state index in [4.69, 9.17) is 5.11 Å². The molecule has 3 unspecified atom stereocenters. The molecule has 13 heavy (non-hydrogen) atoms. The van der Waals surface area contributed by atoms with E-state index in [1.165, 1.54) is 0 Å². The van der Waals surface area contributed by atoms with Crippen molar-refractivity contribution >= 4 is 0 Å². The third-order valence-corrected chi connectivity index (χ3v) is 2.82. The zero-order chi connectivity index (χ0) is 9.84. The van der Waals surface area contributed by atoms with Gasteiger partial charge < -0.3 is 15.5 Å². The van der Waals surface area contributed by atoms with Crippen LogP contribution in [0.4, 0.5) is 0 Å². The second-order valence-corrected chi connectivity index (χ2v) is 3.81. The molecule has 0 aromatic carbocycles. The fourth-order valence-electron chi connectivity index (χ4n) is 1.71. The normalized spacial score (nSPS) is 33.2. The predicted molar refractivity (Wildman–Crippen MR) is 51.6 cm³/mol. The van der Waals surface area contributed by atoms with Gasteiger partial charge in [0.25, 0.3) is 0 Å². The Bertz CT molecular complexity index is 155. The lowest BCUT2D eigenvalue weighted by molar-refractivity contribution is 0.0319. The number of nitrogens with one attached hydrogen (secondary N) is 1. The van der Waals surface area contributed by atoms with E-state index in [1.54, 1.807) is 0 Å². The van der Waals surface area contributed by atoms with Gasteiger partial charge in [0.15, 0.2) is 0 Å². The van der Waals surface area contributed by atoms with Crippen LogP contribution in [0.3, 0.4) is 0 Å². The van der Waals surface area contributed by atoms with Gasteiger partial charge in [-0.15, -0.1) is 0 Å². The third-order valence-electron chi connectivity index (χ3n) is 2.82. The van der Waals surface area contributed by atoms with Crippen molar-refractivity contribution in [2.24, 2.45) is 0 Å². The first-order valence-corrected chi connectivity index (χ1v) is 4.91. The van der Waals surface area contributed by atoms with Crippen molar-refractivity contribution in [1.82, 2.24) is 10.2 Å². The van der Waals surface area contributed by atoms with E-state index in [0.29, 0.717) is 18.6 Å². The molecular weight excluding hydrogens is 168 g/mol. The minimum atomic E-state index is -0.604. The fourth-order valence-corrected chi connectivity index (χ4v) is 1.71. The first kappa shape index (κ1) is 10.9. The van der Waals surface area contributed by atoms with Crippen LogP contribution in [0, 0.1) is 0 Å². The summed E-state index contributed by atoms with van der Waals surface area (Å²) in [5, 5.41) is 21.4. The highest BCUT2D eigenvalue weighted by molar-refractivity contribution is 4.84. The molecule has 4 nitrogen and oxygen atoms in total. The van der Waals surface area contributed by atoms with E-state index in [0.717, 1.165) is 13.1 Å². The Labute approximate surface area is 79.6 Å². The maximum atomic E-state index is 9.30.